The van der Waals surface area contributed by atoms with Gasteiger partial charge >= 0.3 is 0 Å². The molecule has 0 aromatic heterocycles. The van der Waals surface area contributed by atoms with Crippen molar-refractivity contribution in [3.8, 4) is 0 Å². The SMILES string of the molecule is CCNc1cc(C(=O)N[C@@H](Cc2ccccc2)[C@@H](O)CNC(C)Cc2cccc(Cl)c2)cc(N2CCCCS2(O)O)c1. The number of carbonyl (C=O) groups is 1. The molecule has 0 bridgehead atoms. The van der Waals surface area contributed by atoms with Crippen molar-refractivity contribution in [3.05, 3.63) is 94.5 Å². The van der Waals surface area contributed by atoms with Crippen LogP contribution < -0.4 is 20.3 Å². The Bertz CT molecular complexity index is 1310. The number of carbonyl (C=O) groups excluding carboxylic acids is 1. The third-order valence-corrected chi connectivity index (χ3v) is 9.59. The Morgan fingerprint density at radius 1 is 1.00 bits per heavy atom. The van der Waals surface area contributed by atoms with Gasteiger partial charge in [0.1, 0.15) is 0 Å². The number of halogens is 1. The minimum atomic E-state index is -2.95. The van der Waals surface area contributed by atoms with E-state index >= 15 is 0 Å². The van der Waals surface area contributed by atoms with Gasteiger partial charge in [0.2, 0.25) is 0 Å². The van der Waals surface area contributed by atoms with Gasteiger partial charge in [0.15, 0.2) is 0 Å². The molecule has 8 nitrogen and oxygen atoms in total. The van der Waals surface area contributed by atoms with Gasteiger partial charge in [-0.25, -0.2) is 0 Å². The number of aliphatic hydroxyl groups is 1. The molecule has 228 valence electrons. The van der Waals surface area contributed by atoms with Gasteiger partial charge < -0.3 is 21.1 Å². The van der Waals surface area contributed by atoms with E-state index in [4.69, 9.17) is 11.6 Å². The fraction of sp³-hybridized carbons (Fsp3) is 0.406. The number of nitrogens with zero attached hydrogens (tertiary/aromatic N) is 1. The fourth-order valence-electron chi connectivity index (χ4n) is 5.25. The molecule has 3 atom stereocenters. The molecule has 1 saturated heterocycles. The molecule has 3 aromatic carbocycles. The molecule has 0 radical (unpaired) electrons. The first-order chi connectivity index (χ1) is 20.1. The first-order valence-electron chi connectivity index (χ1n) is 14.6. The summed E-state index contributed by atoms with van der Waals surface area (Å²) in [4.78, 5) is 13.7. The number of benzene rings is 3. The number of rotatable bonds is 13. The van der Waals surface area contributed by atoms with Crippen LogP contribution in [0.15, 0.2) is 72.8 Å². The van der Waals surface area contributed by atoms with Crippen molar-refractivity contribution in [2.24, 2.45) is 0 Å². The van der Waals surface area contributed by atoms with E-state index in [0.717, 1.165) is 36.1 Å². The highest BCUT2D eigenvalue weighted by Gasteiger charge is 2.29. The summed E-state index contributed by atoms with van der Waals surface area (Å²) in [5, 5.41) is 21.7. The van der Waals surface area contributed by atoms with E-state index in [9.17, 15) is 19.0 Å². The zero-order chi connectivity index (χ0) is 30.1. The van der Waals surface area contributed by atoms with Gasteiger partial charge in [-0.3, -0.25) is 18.2 Å². The lowest BCUT2D eigenvalue weighted by molar-refractivity contribution is 0.0826. The van der Waals surface area contributed by atoms with Crippen LogP contribution in [0.25, 0.3) is 0 Å². The molecule has 6 N–H and O–H groups in total. The zero-order valence-electron chi connectivity index (χ0n) is 24.3. The summed E-state index contributed by atoms with van der Waals surface area (Å²) in [7, 11) is -2.95. The summed E-state index contributed by atoms with van der Waals surface area (Å²) in [5.41, 5.74) is 3.80. The Hall–Kier alpha value is -2.79. The number of amides is 1. The lowest BCUT2D eigenvalue weighted by atomic mass is 9.99. The molecule has 1 unspecified atom stereocenters. The Morgan fingerprint density at radius 3 is 2.48 bits per heavy atom. The summed E-state index contributed by atoms with van der Waals surface area (Å²) in [6, 6.07) is 22.3. The van der Waals surface area contributed by atoms with E-state index < -0.39 is 22.9 Å². The predicted molar refractivity (Wildman–Crippen MR) is 175 cm³/mol. The lowest BCUT2D eigenvalue weighted by Crippen LogP contribution is -2.50. The van der Waals surface area contributed by atoms with Crippen LogP contribution in [0.4, 0.5) is 11.4 Å². The van der Waals surface area contributed by atoms with Crippen LogP contribution in [-0.2, 0) is 12.8 Å². The van der Waals surface area contributed by atoms with Gasteiger partial charge in [0.25, 0.3) is 5.91 Å². The van der Waals surface area contributed by atoms with Gasteiger partial charge in [0, 0.05) is 41.9 Å². The maximum absolute atomic E-state index is 13.7. The second-order valence-electron chi connectivity index (χ2n) is 10.9. The average Bonchev–Trinajstić information content (AvgIpc) is 2.96. The van der Waals surface area contributed by atoms with Crippen molar-refractivity contribution in [2.45, 2.75) is 57.7 Å². The van der Waals surface area contributed by atoms with Crippen molar-refractivity contribution in [3.63, 3.8) is 0 Å². The minimum absolute atomic E-state index is 0.0785. The topological polar surface area (TPSA) is 117 Å². The molecule has 1 heterocycles. The first-order valence-corrected chi connectivity index (χ1v) is 16.6. The molecule has 4 rings (SSSR count). The van der Waals surface area contributed by atoms with Crippen molar-refractivity contribution in [1.82, 2.24) is 10.6 Å². The highest BCUT2D eigenvalue weighted by molar-refractivity contribution is 8.25. The number of aliphatic hydroxyl groups excluding tert-OH is 1. The monoisotopic (exact) mass is 614 g/mol. The number of hydrogen-bond donors (Lipinski definition) is 6. The molecule has 1 aliphatic rings. The molecule has 0 aliphatic carbocycles. The van der Waals surface area contributed by atoms with E-state index in [1.165, 1.54) is 0 Å². The van der Waals surface area contributed by atoms with E-state index in [2.05, 4.69) is 22.9 Å². The maximum atomic E-state index is 13.7. The summed E-state index contributed by atoms with van der Waals surface area (Å²) in [6.45, 7) is 5.46. The van der Waals surface area contributed by atoms with Crippen molar-refractivity contribution < 1.29 is 19.0 Å². The van der Waals surface area contributed by atoms with Gasteiger partial charge in [-0.2, -0.15) is 0 Å². The highest BCUT2D eigenvalue weighted by Crippen LogP contribution is 2.50. The first kappa shape index (κ1) is 32.1. The Kier molecular flexibility index (Phi) is 11.5. The standard InChI is InChI=1S/C32H43ClN4O4S/c1-3-34-28-19-26(20-29(21-28)37-14-7-8-15-42(37,40)41)32(39)36-30(18-24-10-5-4-6-11-24)31(38)22-35-23(2)16-25-12-9-13-27(33)17-25/h4-6,9-13,17,19-21,23,30-31,34-35,38,40-41H,3,7-8,14-16,18,22H2,1-2H3,(H,36,39)/t23?,30-,31-/m0/s1. The molecule has 10 heteroatoms. The zero-order valence-corrected chi connectivity index (χ0v) is 25.9. The highest BCUT2D eigenvalue weighted by atomic mass is 35.5. The van der Waals surface area contributed by atoms with E-state index in [1.54, 1.807) is 16.4 Å². The molecular weight excluding hydrogens is 572 g/mol. The van der Waals surface area contributed by atoms with E-state index in [-0.39, 0.29) is 18.5 Å². The minimum Gasteiger partial charge on any atom is -0.390 e. The number of nitrogens with one attached hydrogen (secondary N) is 3. The second-order valence-corrected chi connectivity index (χ2v) is 13.5. The van der Waals surface area contributed by atoms with E-state index in [1.807, 2.05) is 67.6 Å². The van der Waals surface area contributed by atoms with Crippen LogP contribution in [0.5, 0.6) is 0 Å². The number of anilines is 2. The molecule has 1 aliphatic heterocycles. The van der Waals surface area contributed by atoms with Gasteiger partial charge in [-0.1, -0.05) is 54.1 Å². The molecule has 3 aromatic rings. The van der Waals surface area contributed by atoms with Crippen molar-refractivity contribution in [1.29, 1.82) is 0 Å². The average molecular weight is 615 g/mol. The molecule has 0 saturated carbocycles. The Morgan fingerprint density at radius 2 is 1.76 bits per heavy atom. The van der Waals surface area contributed by atoms with Crippen molar-refractivity contribution >= 4 is 39.7 Å². The van der Waals surface area contributed by atoms with Crippen LogP contribution in [0.1, 0.15) is 48.2 Å². The summed E-state index contributed by atoms with van der Waals surface area (Å²) in [6.07, 6.45) is 1.94. The second kappa shape index (κ2) is 15.1. The summed E-state index contributed by atoms with van der Waals surface area (Å²) >= 11 is 6.14. The van der Waals surface area contributed by atoms with Crippen LogP contribution in [0.3, 0.4) is 0 Å². The maximum Gasteiger partial charge on any atom is 0.251 e. The number of hydrogen-bond acceptors (Lipinski definition) is 7. The van der Waals surface area contributed by atoms with Crippen LogP contribution in [0.2, 0.25) is 5.02 Å². The predicted octanol–water partition coefficient (Wildman–Crippen LogP) is 5.96. The summed E-state index contributed by atoms with van der Waals surface area (Å²) < 4.78 is 23.1. The smallest absolute Gasteiger partial charge is 0.251 e. The molecular formula is C32H43ClN4O4S. The third-order valence-electron chi connectivity index (χ3n) is 7.42. The van der Waals surface area contributed by atoms with Gasteiger partial charge in [-0.05, 0) is 81.0 Å². The Balaban J connectivity index is 1.51. The van der Waals surface area contributed by atoms with Crippen LogP contribution >= 0.6 is 22.4 Å². The largest absolute Gasteiger partial charge is 0.390 e. The molecule has 42 heavy (non-hydrogen) atoms. The molecule has 1 fully saturated rings. The molecule has 0 spiro atoms. The normalized spacial score (nSPS) is 17.6. The summed E-state index contributed by atoms with van der Waals surface area (Å²) in [5.74, 6) is -0.0231. The quantitative estimate of drug-likeness (QED) is 0.141. The van der Waals surface area contributed by atoms with Crippen LogP contribution in [-0.4, -0.2) is 63.7 Å². The fourth-order valence-corrected chi connectivity index (χ4v) is 7.14. The molecule has 1 amide bonds. The van der Waals surface area contributed by atoms with Gasteiger partial charge in [-0.15, -0.1) is 10.8 Å². The Labute approximate surface area is 256 Å². The van der Waals surface area contributed by atoms with E-state index in [0.29, 0.717) is 41.5 Å². The third kappa shape index (κ3) is 9.10. The lowest BCUT2D eigenvalue weighted by Gasteiger charge is -2.47. The van der Waals surface area contributed by atoms with Gasteiger partial charge in [0.05, 0.1) is 23.6 Å². The van der Waals surface area contributed by atoms with Crippen LogP contribution in [0, 0.1) is 0 Å². The van der Waals surface area contributed by atoms with Crippen molar-refractivity contribution in [2.75, 3.05) is 35.0 Å².